The summed E-state index contributed by atoms with van der Waals surface area (Å²) in [6, 6.07) is 5.97. The first kappa shape index (κ1) is 10.8. The molecule has 1 amide bonds. The lowest BCUT2D eigenvalue weighted by molar-refractivity contribution is -0.111. The standard InChI is InChI=1S/C11H9NO3/c1-2-4-10(13)12-9-6-3-5-8(7-9)11(14)15/h3,5-7H,1H3,(H,12,13)(H,14,15). The minimum atomic E-state index is -1.03. The molecular formula is C11H9NO3. The first-order valence-electron chi connectivity index (χ1n) is 4.20. The molecular weight excluding hydrogens is 194 g/mol. The van der Waals surface area contributed by atoms with E-state index in [-0.39, 0.29) is 5.56 Å². The molecule has 4 heteroatoms. The Hall–Kier alpha value is -2.28. The van der Waals surface area contributed by atoms with Crippen molar-refractivity contribution < 1.29 is 14.7 Å². The van der Waals surface area contributed by atoms with Crippen molar-refractivity contribution in [3.05, 3.63) is 29.8 Å². The molecule has 0 saturated carbocycles. The third-order valence-electron chi connectivity index (χ3n) is 1.61. The van der Waals surface area contributed by atoms with Crippen LogP contribution in [0.5, 0.6) is 0 Å². The molecule has 1 aromatic rings. The number of nitrogens with one attached hydrogen (secondary N) is 1. The lowest BCUT2D eigenvalue weighted by Crippen LogP contribution is -2.09. The van der Waals surface area contributed by atoms with E-state index in [0.29, 0.717) is 5.69 Å². The Morgan fingerprint density at radius 3 is 2.73 bits per heavy atom. The van der Waals surface area contributed by atoms with Gasteiger partial charge >= 0.3 is 5.97 Å². The lowest BCUT2D eigenvalue weighted by atomic mass is 10.2. The van der Waals surface area contributed by atoms with Gasteiger partial charge in [0.2, 0.25) is 0 Å². The Labute approximate surface area is 86.9 Å². The van der Waals surface area contributed by atoms with Crippen molar-refractivity contribution in [2.24, 2.45) is 0 Å². The van der Waals surface area contributed by atoms with Crippen LogP contribution in [0.15, 0.2) is 24.3 Å². The van der Waals surface area contributed by atoms with Gasteiger partial charge in [0.05, 0.1) is 5.56 Å². The zero-order chi connectivity index (χ0) is 11.3. The fraction of sp³-hybridized carbons (Fsp3) is 0.0909. The van der Waals surface area contributed by atoms with Crippen molar-refractivity contribution in [3.63, 3.8) is 0 Å². The smallest absolute Gasteiger partial charge is 0.335 e. The predicted molar refractivity (Wildman–Crippen MR) is 55.5 cm³/mol. The lowest BCUT2D eigenvalue weighted by Gasteiger charge is -2.01. The summed E-state index contributed by atoms with van der Waals surface area (Å²) in [6.45, 7) is 1.55. The van der Waals surface area contributed by atoms with Crippen molar-refractivity contribution in [2.75, 3.05) is 5.32 Å². The van der Waals surface area contributed by atoms with Crippen LogP contribution in [0.3, 0.4) is 0 Å². The normalized spacial score (nSPS) is 8.60. The molecule has 76 valence electrons. The Bertz CT molecular complexity index is 454. The fourth-order valence-electron chi connectivity index (χ4n) is 1.01. The van der Waals surface area contributed by atoms with Gasteiger partial charge in [-0.1, -0.05) is 12.0 Å². The van der Waals surface area contributed by atoms with Crippen molar-refractivity contribution in [1.82, 2.24) is 0 Å². The van der Waals surface area contributed by atoms with Crippen molar-refractivity contribution in [3.8, 4) is 11.8 Å². The molecule has 0 radical (unpaired) electrons. The van der Waals surface area contributed by atoms with E-state index in [4.69, 9.17) is 5.11 Å². The molecule has 15 heavy (non-hydrogen) atoms. The van der Waals surface area contributed by atoms with E-state index in [1.807, 2.05) is 0 Å². The number of carbonyl (C=O) groups excluding carboxylic acids is 1. The zero-order valence-electron chi connectivity index (χ0n) is 8.07. The molecule has 0 atom stereocenters. The fourth-order valence-corrected chi connectivity index (χ4v) is 1.01. The highest BCUT2D eigenvalue weighted by Crippen LogP contribution is 2.10. The van der Waals surface area contributed by atoms with Crippen LogP contribution in [0.2, 0.25) is 0 Å². The van der Waals surface area contributed by atoms with Crippen molar-refractivity contribution in [2.45, 2.75) is 6.92 Å². The molecule has 0 saturated heterocycles. The van der Waals surface area contributed by atoms with Crippen LogP contribution in [0.25, 0.3) is 0 Å². The third-order valence-corrected chi connectivity index (χ3v) is 1.61. The van der Waals surface area contributed by atoms with E-state index >= 15 is 0 Å². The third kappa shape index (κ3) is 3.16. The summed E-state index contributed by atoms with van der Waals surface area (Å²) in [5.74, 6) is 3.25. The number of amides is 1. The number of anilines is 1. The summed E-state index contributed by atoms with van der Waals surface area (Å²) < 4.78 is 0. The summed E-state index contributed by atoms with van der Waals surface area (Å²) in [4.78, 5) is 21.7. The number of carboxylic acid groups (broad SMARTS) is 1. The molecule has 0 aliphatic carbocycles. The second-order valence-corrected chi connectivity index (χ2v) is 2.72. The van der Waals surface area contributed by atoms with Crippen LogP contribution in [0.1, 0.15) is 17.3 Å². The van der Waals surface area contributed by atoms with Gasteiger partial charge in [-0.15, -0.1) is 0 Å². The number of rotatable bonds is 2. The Morgan fingerprint density at radius 1 is 1.40 bits per heavy atom. The van der Waals surface area contributed by atoms with E-state index in [1.54, 1.807) is 19.1 Å². The minimum Gasteiger partial charge on any atom is -0.478 e. The number of carbonyl (C=O) groups is 2. The van der Waals surface area contributed by atoms with Gasteiger partial charge in [0.1, 0.15) is 0 Å². The quantitative estimate of drug-likeness (QED) is 0.713. The zero-order valence-corrected chi connectivity index (χ0v) is 8.07. The van der Waals surface area contributed by atoms with Gasteiger partial charge in [-0.25, -0.2) is 4.79 Å². The van der Waals surface area contributed by atoms with Crippen LogP contribution in [-0.4, -0.2) is 17.0 Å². The summed E-state index contributed by atoms with van der Waals surface area (Å²) in [7, 11) is 0. The van der Waals surface area contributed by atoms with Gasteiger partial charge < -0.3 is 10.4 Å². The maximum Gasteiger partial charge on any atom is 0.335 e. The van der Waals surface area contributed by atoms with Crippen LogP contribution >= 0.6 is 0 Å². The molecule has 0 aliphatic heterocycles. The molecule has 2 N–H and O–H groups in total. The maximum atomic E-state index is 11.1. The Morgan fingerprint density at radius 2 is 2.13 bits per heavy atom. The van der Waals surface area contributed by atoms with E-state index < -0.39 is 11.9 Å². The molecule has 0 aliphatic rings. The SMILES string of the molecule is CC#CC(=O)Nc1cccc(C(=O)O)c1. The topological polar surface area (TPSA) is 66.4 Å². The van der Waals surface area contributed by atoms with Gasteiger partial charge in [0.15, 0.2) is 0 Å². The molecule has 1 aromatic carbocycles. The van der Waals surface area contributed by atoms with Crippen LogP contribution in [0.4, 0.5) is 5.69 Å². The molecule has 0 unspecified atom stereocenters. The molecule has 0 aromatic heterocycles. The molecule has 0 heterocycles. The molecule has 1 rings (SSSR count). The minimum absolute atomic E-state index is 0.122. The summed E-state index contributed by atoms with van der Waals surface area (Å²) in [6.07, 6.45) is 0. The van der Waals surface area contributed by atoms with Crippen LogP contribution in [-0.2, 0) is 4.79 Å². The van der Waals surface area contributed by atoms with E-state index in [0.717, 1.165) is 0 Å². The van der Waals surface area contributed by atoms with Crippen molar-refractivity contribution in [1.29, 1.82) is 0 Å². The van der Waals surface area contributed by atoms with E-state index in [9.17, 15) is 9.59 Å². The van der Waals surface area contributed by atoms with Gasteiger partial charge in [-0.3, -0.25) is 4.79 Å². The van der Waals surface area contributed by atoms with E-state index in [2.05, 4.69) is 17.2 Å². The van der Waals surface area contributed by atoms with Crippen molar-refractivity contribution >= 4 is 17.6 Å². The average Bonchev–Trinajstić information content (AvgIpc) is 2.18. The molecule has 4 nitrogen and oxygen atoms in total. The van der Waals surface area contributed by atoms with Gasteiger partial charge in [0.25, 0.3) is 5.91 Å². The largest absolute Gasteiger partial charge is 0.478 e. The highest BCUT2D eigenvalue weighted by Gasteiger charge is 2.04. The van der Waals surface area contributed by atoms with Crippen LogP contribution < -0.4 is 5.32 Å². The van der Waals surface area contributed by atoms with Crippen LogP contribution in [0, 0.1) is 11.8 Å². The molecule has 0 spiro atoms. The average molecular weight is 203 g/mol. The predicted octanol–water partition coefficient (Wildman–Crippen LogP) is 1.35. The summed E-state index contributed by atoms with van der Waals surface area (Å²) in [5, 5.41) is 11.2. The first-order valence-corrected chi connectivity index (χ1v) is 4.20. The Kier molecular flexibility index (Phi) is 3.47. The highest BCUT2D eigenvalue weighted by atomic mass is 16.4. The van der Waals surface area contributed by atoms with Gasteiger partial charge in [-0.2, -0.15) is 0 Å². The number of aromatic carboxylic acids is 1. The van der Waals surface area contributed by atoms with Gasteiger partial charge in [-0.05, 0) is 31.0 Å². The highest BCUT2D eigenvalue weighted by molar-refractivity contribution is 6.04. The second kappa shape index (κ2) is 4.82. The number of carboxylic acids is 1. The van der Waals surface area contributed by atoms with E-state index in [1.165, 1.54) is 12.1 Å². The number of benzene rings is 1. The monoisotopic (exact) mass is 203 g/mol. The van der Waals surface area contributed by atoms with Gasteiger partial charge in [0, 0.05) is 5.69 Å². The Balaban J connectivity index is 2.85. The number of hydrogen-bond acceptors (Lipinski definition) is 2. The second-order valence-electron chi connectivity index (χ2n) is 2.72. The molecule has 0 bridgehead atoms. The number of hydrogen-bond donors (Lipinski definition) is 2. The summed E-state index contributed by atoms with van der Waals surface area (Å²) in [5.41, 5.74) is 0.542. The maximum absolute atomic E-state index is 11.1. The summed E-state index contributed by atoms with van der Waals surface area (Å²) >= 11 is 0. The first-order chi connectivity index (χ1) is 7.13. The molecule has 0 fully saturated rings.